The number of hydrogen-bond acceptors (Lipinski definition) is 5. The second-order valence-corrected chi connectivity index (χ2v) is 5.00. The van der Waals surface area contributed by atoms with Gasteiger partial charge in [-0.2, -0.15) is 13.5 Å². The summed E-state index contributed by atoms with van der Waals surface area (Å²) in [6.45, 7) is 0. The fourth-order valence-corrected chi connectivity index (χ4v) is 1.90. The number of hydrogen-bond donors (Lipinski definition) is 3. The maximum absolute atomic E-state index is 10.8. The quantitative estimate of drug-likeness (QED) is 0.700. The Morgan fingerprint density at radius 2 is 1.79 bits per heavy atom. The molecule has 100 valence electrons. The third-order valence-corrected chi connectivity index (χ3v) is 3.16. The van der Waals surface area contributed by atoms with E-state index in [4.69, 9.17) is 9.66 Å². The first-order valence-corrected chi connectivity index (χ1v) is 6.33. The van der Waals surface area contributed by atoms with E-state index in [1.54, 1.807) is 0 Å². The van der Waals surface area contributed by atoms with Gasteiger partial charge in [0.15, 0.2) is 5.75 Å². The highest BCUT2D eigenvalue weighted by atomic mass is 32.2. The number of nitrogens with zero attached hydrogens (tertiary/aromatic N) is 2. The van der Waals surface area contributed by atoms with Gasteiger partial charge in [-0.25, -0.2) is 9.48 Å². The highest BCUT2D eigenvalue weighted by molar-refractivity contribution is 7.85. The van der Waals surface area contributed by atoms with Crippen LogP contribution in [0.25, 0.3) is 5.69 Å². The van der Waals surface area contributed by atoms with Crippen molar-refractivity contribution in [2.75, 3.05) is 0 Å². The molecule has 2 rings (SSSR count). The van der Waals surface area contributed by atoms with Crippen LogP contribution in [-0.4, -0.2) is 38.9 Å². The number of carboxylic acids is 1. The van der Waals surface area contributed by atoms with Gasteiger partial charge in [0, 0.05) is 0 Å². The Bertz CT molecular complexity index is 732. The first kappa shape index (κ1) is 13.1. The van der Waals surface area contributed by atoms with Crippen molar-refractivity contribution in [2.24, 2.45) is 0 Å². The number of aromatic nitrogens is 2. The van der Waals surface area contributed by atoms with E-state index in [2.05, 4.69) is 5.10 Å². The lowest BCUT2D eigenvalue weighted by Crippen LogP contribution is -2.02. The molecule has 3 N–H and O–H groups in total. The number of carbonyl (C=O) groups is 1. The molecule has 19 heavy (non-hydrogen) atoms. The fraction of sp³-hybridized carbons (Fsp3) is 0. The average molecular weight is 284 g/mol. The lowest BCUT2D eigenvalue weighted by molar-refractivity contribution is 0.0687. The summed E-state index contributed by atoms with van der Waals surface area (Å²) in [5.74, 6) is -1.89. The maximum atomic E-state index is 10.8. The lowest BCUT2D eigenvalue weighted by atomic mass is 10.3. The summed E-state index contributed by atoms with van der Waals surface area (Å²) in [6.07, 6.45) is 1.08. The minimum absolute atomic E-state index is 0.300. The SMILES string of the molecule is O=C(O)c1nn(-c2ccc(S(=O)(=O)O)cc2)cc1O. The number of rotatable bonds is 3. The second-order valence-electron chi connectivity index (χ2n) is 3.58. The highest BCUT2D eigenvalue weighted by Gasteiger charge is 2.16. The normalized spacial score (nSPS) is 11.4. The summed E-state index contributed by atoms with van der Waals surface area (Å²) in [7, 11) is -4.29. The zero-order valence-corrected chi connectivity index (χ0v) is 10.1. The first-order valence-electron chi connectivity index (χ1n) is 4.89. The Morgan fingerprint density at radius 1 is 1.21 bits per heavy atom. The topological polar surface area (TPSA) is 130 Å². The van der Waals surface area contributed by atoms with Gasteiger partial charge >= 0.3 is 5.97 Å². The van der Waals surface area contributed by atoms with Crippen LogP contribution < -0.4 is 0 Å². The highest BCUT2D eigenvalue weighted by Crippen LogP contribution is 2.19. The molecule has 0 aliphatic carbocycles. The Balaban J connectivity index is 2.43. The van der Waals surface area contributed by atoms with Crippen molar-refractivity contribution in [1.82, 2.24) is 9.78 Å². The van der Waals surface area contributed by atoms with E-state index >= 15 is 0 Å². The van der Waals surface area contributed by atoms with Gasteiger partial charge in [0.05, 0.1) is 16.8 Å². The molecule has 8 nitrogen and oxygen atoms in total. The van der Waals surface area contributed by atoms with Crippen LogP contribution in [0.3, 0.4) is 0 Å². The molecule has 0 atom stereocenters. The van der Waals surface area contributed by atoms with E-state index in [-0.39, 0.29) is 4.90 Å². The molecule has 1 aromatic heterocycles. The van der Waals surface area contributed by atoms with Gasteiger partial charge in [0.1, 0.15) is 0 Å². The van der Waals surface area contributed by atoms with E-state index in [0.717, 1.165) is 23.0 Å². The van der Waals surface area contributed by atoms with Crippen molar-refractivity contribution in [2.45, 2.75) is 4.90 Å². The van der Waals surface area contributed by atoms with Gasteiger partial charge in [-0.15, -0.1) is 0 Å². The zero-order chi connectivity index (χ0) is 14.2. The standard InChI is InChI=1S/C10H8N2O6S/c13-8-5-12(11-9(8)10(14)15)6-1-3-7(4-2-6)19(16,17)18/h1-5,13H,(H,14,15)(H,16,17,18). The van der Waals surface area contributed by atoms with Crippen LogP contribution in [0.2, 0.25) is 0 Å². The molecule has 0 spiro atoms. The zero-order valence-electron chi connectivity index (χ0n) is 9.26. The van der Waals surface area contributed by atoms with Crippen molar-refractivity contribution in [3.8, 4) is 11.4 Å². The van der Waals surface area contributed by atoms with Crippen molar-refractivity contribution in [3.05, 3.63) is 36.2 Å². The van der Waals surface area contributed by atoms with Gasteiger partial charge in [-0.3, -0.25) is 4.55 Å². The van der Waals surface area contributed by atoms with Gasteiger partial charge in [0.25, 0.3) is 10.1 Å². The van der Waals surface area contributed by atoms with Crippen molar-refractivity contribution >= 4 is 16.1 Å². The van der Waals surface area contributed by atoms with Gasteiger partial charge in [-0.05, 0) is 24.3 Å². The predicted molar refractivity (Wildman–Crippen MR) is 62.0 cm³/mol. The summed E-state index contributed by atoms with van der Waals surface area (Å²) < 4.78 is 31.6. The Morgan fingerprint density at radius 3 is 2.21 bits per heavy atom. The van der Waals surface area contributed by atoms with E-state index in [0.29, 0.717) is 5.69 Å². The average Bonchev–Trinajstić information content (AvgIpc) is 2.70. The third kappa shape index (κ3) is 2.56. The Labute approximate surface area is 107 Å². The molecule has 0 aliphatic rings. The number of carboxylic acid groups (broad SMARTS) is 1. The molecule has 0 aliphatic heterocycles. The molecule has 0 fully saturated rings. The molecule has 0 saturated carbocycles. The van der Waals surface area contributed by atoms with Gasteiger partial charge in [0.2, 0.25) is 5.69 Å². The summed E-state index contributed by atoms with van der Waals surface area (Å²) in [4.78, 5) is 10.4. The van der Waals surface area contributed by atoms with Crippen LogP contribution in [0.1, 0.15) is 10.5 Å². The molecule has 0 amide bonds. The van der Waals surface area contributed by atoms with Crippen molar-refractivity contribution in [1.29, 1.82) is 0 Å². The summed E-state index contributed by atoms with van der Waals surface area (Å²) in [6, 6.07) is 4.87. The van der Waals surface area contributed by atoms with E-state index in [1.165, 1.54) is 12.1 Å². The van der Waals surface area contributed by atoms with Gasteiger partial charge in [-0.1, -0.05) is 0 Å². The van der Waals surface area contributed by atoms with E-state index in [1.807, 2.05) is 0 Å². The summed E-state index contributed by atoms with van der Waals surface area (Å²) in [5.41, 5.74) is -0.186. The second kappa shape index (κ2) is 4.37. The Hall–Kier alpha value is -2.39. The summed E-state index contributed by atoms with van der Waals surface area (Å²) >= 11 is 0. The molecule has 0 bridgehead atoms. The van der Waals surface area contributed by atoms with E-state index in [9.17, 15) is 18.3 Å². The largest absolute Gasteiger partial charge is 0.504 e. The van der Waals surface area contributed by atoms with Crippen LogP contribution in [0, 0.1) is 0 Å². The monoisotopic (exact) mass is 284 g/mol. The molecular formula is C10H8N2O6S. The van der Waals surface area contributed by atoms with E-state index < -0.39 is 27.5 Å². The number of benzene rings is 1. The van der Waals surface area contributed by atoms with Crippen LogP contribution >= 0.6 is 0 Å². The number of aromatic hydroxyl groups is 1. The molecule has 0 saturated heterocycles. The fourth-order valence-electron chi connectivity index (χ4n) is 1.42. The minimum Gasteiger partial charge on any atom is -0.504 e. The first-order chi connectivity index (χ1) is 8.79. The smallest absolute Gasteiger partial charge is 0.360 e. The third-order valence-electron chi connectivity index (χ3n) is 2.30. The van der Waals surface area contributed by atoms with Crippen LogP contribution in [0.4, 0.5) is 0 Å². The lowest BCUT2D eigenvalue weighted by Gasteiger charge is -2.01. The maximum Gasteiger partial charge on any atom is 0.360 e. The van der Waals surface area contributed by atoms with Crippen LogP contribution in [-0.2, 0) is 10.1 Å². The minimum atomic E-state index is -4.29. The number of aromatic carboxylic acids is 1. The molecule has 1 aromatic carbocycles. The molecule has 2 aromatic rings. The van der Waals surface area contributed by atoms with Crippen molar-refractivity contribution < 1.29 is 28.0 Å². The molecule has 0 radical (unpaired) electrons. The van der Waals surface area contributed by atoms with Crippen LogP contribution in [0.5, 0.6) is 5.75 Å². The molecular weight excluding hydrogens is 276 g/mol. The Kier molecular flexibility index (Phi) is 3.00. The predicted octanol–water partition coefficient (Wildman–Crippen LogP) is 0.523. The van der Waals surface area contributed by atoms with Crippen molar-refractivity contribution in [3.63, 3.8) is 0 Å². The molecule has 9 heteroatoms. The summed E-state index contributed by atoms with van der Waals surface area (Å²) in [5, 5.41) is 21.7. The molecule has 1 heterocycles. The van der Waals surface area contributed by atoms with Crippen LogP contribution in [0.15, 0.2) is 35.4 Å². The van der Waals surface area contributed by atoms with Gasteiger partial charge < -0.3 is 10.2 Å². The molecule has 0 unspecified atom stereocenters.